The molecule has 2 aromatic heterocycles. The summed E-state index contributed by atoms with van der Waals surface area (Å²) in [7, 11) is 1.77. The van der Waals surface area contributed by atoms with Crippen LogP contribution >= 0.6 is 11.6 Å². The lowest BCUT2D eigenvalue weighted by molar-refractivity contribution is 0.292. The van der Waals surface area contributed by atoms with Crippen molar-refractivity contribution in [2.24, 2.45) is 7.05 Å². The molecule has 0 aliphatic carbocycles. The van der Waals surface area contributed by atoms with Crippen molar-refractivity contribution in [1.29, 1.82) is 0 Å². The van der Waals surface area contributed by atoms with E-state index < -0.39 is 0 Å². The van der Waals surface area contributed by atoms with Gasteiger partial charge in [-0.25, -0.2) is 14.4 Å². The molecule has 2 heterocycles. The summed E-state index contributed by atoms with van der Waals surface area (Å²) in [6.45, 7) is 1.94. The molecule has 0 atom stereocenters. The SMILES string of the molecule is Cc1ccc(F)cc1OCc1nc(Cl)c2cnn(C)c2n1. The summed E-state index contributed by atoms with van der Waals surface area (Å²) in [5.74, 6) is 0.524. The zero-order chi connectivity index (χ0) is 15.0. The van der Waals surface area contributed by atoms with E-state index in [-0.39, 0.29) is 12.4 Å². The van der Waals surface area contributed by atoms with Crippen molar-refractivity contribution >= 4 is 22.6 Å². The highest BCUT2D eigenvalue weighted by atomic mass is 35.5. The molecular formula is C14H12ClFN4O. The fourth-order valence-corrected chi connectivity index (χ4v) is 2.20. The molecule has 0 saturated heterocycles. The molecule has 5 nitrogen and oxygen atoms in total. The standard InChI is InChI=1S/C14H12ClFN4O/c1-8-3-4-9(16)5-11(8)21-7-12-18-13(15)10-6-17-20(2)14(10)19-12/h3-6H,7H2,1-2H3. The lowest BCUT2D eigenvalue weighted by Crippen LogP contribution is -2.04. The van der Waals surface area contributed by atoms with Gasteiger partial charge < -0.3 is 4.74 Å². The second kappa shape index (κ2) is 5.29. The Morgan fingerprint density at radius 2 is 2.14 bits per heavy atom. The molecule has 0 aliphatic heterocycles. The number of hydrogen-bond donors (Lipinski definition) is 0. The van der Waals surface area contributed by atoms with Crippen LogP contribution < -0.4 is 4.74 Å². The molecule has 0 N–H and O–H groups in total. The Morgan fingerprint density at radius 3 is 2.95 bits per heavy atom. The van der Waals surface area contributed by atoms with Crippen LogP contribution in [0.1, 0.15) is 11.4 Å². The molecule has 0 unspecified atom stereocenters. The lowest BCUT2D eigenvalue weighted by atomic mass is 10.2. The molecule has 0 saturated carbocycles. The zero-order valence-electron chi connectivity index (χ0n) is 11.5. The number of hydrogen-bond acceptors (Lipinski definition) is 4. The molecule has 0 amide bonds. The van der Waals surface area contributed by atoms with Crippen molar-refractivity contribution in [3.63, 3.8) is 0 Å². The third kappa shape index (κ3) is 2.67. The first kappa shape index (κ1) is 13.8. The largest absolute Gasteiger partial charge is 0.485 e. The number of fused-ring (bicyclic) bond motifs is 1. The fourth-order valence-electron chi connectivity index (χ4n) is 1.97. The summed E-state index contributed by atoms with van der Waals surface area (Å²) in [6.07, 6.45) is 1.61. The molecule has 0 spiro atoms. The maximum absolute atomic E-state index is 13.2. The Bertz CT molecular complexity index is 818. The molecule has 3 aromatic rings. The number of halogens is 2. The van der Waals surface area contributed by atoms with E-state index in [1.165, 1.54) is 12.1 Å². The highest BCUT2D eigenvalue weighted by molar-refractivity contribution is 6.33. The van der Waals surface area contributed by atoms with Gasteiger partial charge in [-0.3, -0.25) is 4.68 Å². The number of nitrogens with zero attached hydrogens (tertiary/aromatic N) is 4. The Kier molecular flexibility index (Phi) is 3.47. The molecule has 1 aromatic carbocycles. The number of ether oxygens (including phenoxy) is 1. The Hall–Kier alpha value is -2.21. The maximum atomic E-state index is 13.2. The van der Waals surface area contributed by atoms with Gasteiger partial charge in [-0.15, -0.1) is 0 Å². The first-order valence-electron chi connectivity index (χ1n) is 6.27. The van der Waals surface area contributed by atoms with E-state index in [0.717, 1.165) is 5.56 Å². The summed E-state index contributed by atoms with van der Waals surface area (Å²) in [6, 6.07) is 4.37. The van der Waals surface area contributed by atoms with E-state index in [9.17, 15) is 4.39 Å². The second-order valence-electron chi connectivity index (χ2n) is 4.63. The molecule has 0 aliphatic rings. The molecule has 21 heavy (non-hydrogen) atoms. The summed E-state index contributed by atoms with van der Waals surface area (Å²) in [5, 5.41) is 5.09. The van der Waals surface area contributed by atoms with Crippen molar-refractivity contribution < 1.29 is 9.13 Å². The minimum absolute atomic E-state index is 0.102. The maximum Gasteiger partial charge on any atom is 0.170 e. The second-order valence-corrected chi connectivity index (χ2v) is 4.99. The van der Waals surface area contributed by atoms with Gasteiger partial charge in [0.1, 0.15) is 23.3 Å². The van der Waals surface area contributed by atoms with Crippen LogP contribution in [0.4, 0.5) is 4.39 Å². The molecule has 0 fully saturated rings. The number of aromatic nitrogens is 4. The minimum Gasteiger partial charge on any atom is -0.485 e. The third-order valence-corrected chi connectivity index (χ3v) is 3.39. The van der Waals surface area contributed by atoms with Crippen LogP contribution in [0.3, 0.4) is 0 Å². The molecule has 7 heteroatoms. The normalized spacial score (nSPS) is 11.0. The van der Waals surface area contributed by atoms with E-state index >= 15 is 0 Å². The van der Waals surface area contributed by atoms with Crippen molar-refractivity contribution in [3.8, 4) is 5.75 Å². The van der Waals surface area contributed by atoms with Gasteiger partial charge in [-0.1, -0.05) is 17.7 Å². The number of benzene rings is 1. The van der Waals surface area contributed by atoms with E-state index in [1.807, 2.05) is 6.92 Å². The average molecular weight is 307 g/mol. The topological polar surface area (TPSA) is 52.8 Å². The third-order valence-electron chi connectivity index (χ3n) is 3.10. The number of rotatable bonds is 3. The van der Waals surface area contributed by atoms with Crippen LogP contribution in [-0.2, 0) is 13.7 Å². The predicted octanol–water partition coefficient (Wildman–Crippen LogP) is 3.04. The minimum atomic E-state index is -0.350. The molecular weight excluding hydrogens is 295 g/mol. The van der Waals surface area contributed by atoms with Crippen LogP contribution in [0.5, 0.6) is 5.75 Å². The lowest BCUT2D eigenvalue weighted by Gasteiger charge is -2.08. The van der Waals surface area contributed by atoms with Gasteiger partial charge in [-0.05, 0) is 18.6 Å². The fraction of sp³-hybridized carbons (Fsp3) is 0.214. The van der Waals surface area contributed by atoms with Gasteiger partial charge in [0.25, 0.3) is 0 Å². The van der Waals surface area contributed by atoms with Gasteiger partial charge in [-0.2, -0.15) is 5.10 Å². The van der Waals surface area contributed by atoms with E-state index in [4.69, 9.17) is 16.3 Å². The van der Waals surface area contributed by atoms with Gasteiger partial charge >= 0.3 is 0 Å². The predicted molar refractivity (Wildman–Crippen MR) is 76.8 cm³/mol. The van der Waals surface area contributed by atoms with Gasteiger partial charge in [0.05, 0.1) is 11.6 Å². The monoisotopic (exact) mass is 306 g/mol. The van der Waals surface area contributed by atoms with Crippen LogP contribution in [-0.4, -0.2) is 19.7 Å². The first-order chi connectivity index (χ1) is 10.0. The molecule has 0 radical (unpaired) electrons. The summed E-state index contributed by atoms with van der Waals surface area (Å²) >= 11 is 6.09. The van der Waals surface area contributed by atoms with E-state index in [2.05, 4.69) is 15.1 Å². The quantitative estimate of drug-likeness (QED) is 0.698. The Morgan fingerprint density at radius 1 is 1.33 bits per heavy atom. The van der Waals surface area contributed by atoms with Crippen molar-refractivity contribution in [3.05, 3.63) is 46.8 Å². The summed E-state index contributed by atoms with van der Waals surface area (Å²) < 4.78 is 20.4. The highest BCUT2D eigenvalue weighted by Crippen LogP contribution is 2.22. The van der Waals surface area contributed by atoms with Crippen molar-refractivity contribution in [2.45, 2.75) is 13.5 Å². The zero-order valence-corrected chi connectivity index (χ0v) is 12.2. The van der Waals surface area contributed by atoms with Crippen molar-refractivity contribution in [2.75, 3.05) is 0 Å². The Balaban J connectivity index is 1.88. The van der Waals surface area contributed by atoms with Gasteiger partial charge in [0.15, 0.2) is 11.5 Å². The summed E-state index contributed by atoms with van der Waals surface area (Å²) in [4.78, 5) is 8.51. The van der Waals surface area contributed by atoms with Crippen molar-refractivity contribution in [1.82, 2.24) is 19.7 Å². The smallest absolute Gasteiger partial charge is 0.170 e. The van der Waals surface area contributed by atoms with Crippen LogP contribution in [0.2, 0.25) is 5.15 Å². The average Bonchev–Trinajstić information content (AvgIpc) is 2.82. The summed E-state index contributed by atoms with van der Waals surface area (Å²) in [5.41, 5.74) is 1.47. The molecule has 108 valence electrons. The molecule has 0 bridgehead atoms. The van der Waals surface area contributed by atoms with Gasteiger partial charge in [0, 0.05) is 13.1 Å². The Labute approximate surface area is 125 Å². The molecule has 3 rings (SSSR count). The number of aryl methyl sites for hydroxylation is 2. The van der Waals surface area contributed by atoms with E-state index in [1.54, 1.807) is 24.0 Å². The van der Waals surface area contributed by atoms with E-state index in [0.29, 0.717) is 27.8 Å². The first-order valence-corrected chi connectivity index (χ1v) is 6.65. The van der Waals surface area contributed by atoms with Crippen LogP contribution in [0.25, 0.3) is 11.0 Å². The highest BCUT2D eigenvalue weighted by Gasteiger charge is 2.11. The van der Waals surface area contributed by atoms with Gasteiger partial charge in [0.2, 0.25) is 0 Å². The van der Waals surface area contributed by atoms with Crippen LogP contribution in [0.15, 0.2) is 24.4 Å². The van der Waals surface area contributed by atoms with Crippen LogP contribution in [0, 0.1) is 12.7 Å².